The average Bonchev–Trinajstić information content (AvgIpc) is 3.48. The van der Waals surface area contributed by atoms with Crippen molar-refractivity contribution in [3.8, 4) is 0 Å². The Morgan fingerprint density at radius 3 is 0.941 bits per heavy atom. The van der Waals surface area contributed by atoms with E-state index < -0.39 is 24.3 Å². The minimum atomic E-state index is -1.63. The number of hydrogen-bond donors (Lipinski definition) is 0. The molecule has 0 fully saturated rings. The number of rotatable bonds is 68. The van der Waals surface area contributed by atoms with Gasteiger partial charge in [0.1, 0.15) is 13.2 Å². The molecule has 0 aromatic rings. The number of allylic oxidation sites excluding steroid dienone is 10. The van der Waals surface area contributed by atoms with Crippen LogP contribution in [0.4, 0.5) is 0 Å². The molecule has 85 heavy (non-hydrogen) atoms. The van der Waals surface area contributed by atoms with Crippen LogP contribution < -0.4 is 5.11 Å². The second-order valence-electron chi connectivity index (χ2n) is 25.9. The highest BCUT2D eigenvalue weighted by molar-refractivity contribution is 5.70. The fourth-order valence-electron chi connectivity index (χ4n) is 10.6. The number of carboxylic acid groups (broad SMARTS) is 1. The SMILES string of the molecule is CCCCCCC/C=C\C/C=C\C/C=C\CCCCCCCCC(=O)OC(COC(=O)CCCCCCCCCCCCCCCCCCCCCCCCCCCCC/C=C\C/C=C\CCCCCCC)COC(OCC[N+](C)(C)C)C(=O)[O-]. The summed E-state index contributed by atoms with van der Waals surface area (Å²) in [6.07, 6.45) is 84.7. The molecule has 2 atom stereocenters. The zero-order valence-corrected chi connectivity index (χ0v) is 56.7. The molecule has 9 nitrogen and oxygen atoms in total. The molecule has 0 aliphatic rings. The van der Waals surface area contributed by atoms with Crippen molar-refractivity contribution in [1.29, 1.82) is 0 Å². The van der Waals surface area contributed by atoms with Crippen molar-refractivity contribution in [3.05, 3.63) is 60.8 Å². The van der Waals surface area contributed by atoms with Crippen LogP contribution in [0.1, 0.15) is 348 Å². The third kappa shape index (κ3) is 68.3. The van der Waals surface area contributed by atoms with Crippen molar-refractivity contribution >= 4 is 17.9 Å². The molecule has 0 N–H and O–H groups in total. The lowest BCUT2D eigenvalue weighted by Gasteiger charge is -2.26. The van der Waals surface area contributed by atoms with E-state index in [1.807, 2.05) is 21.1 Å². The van der Waals surface area contributed by atoms with Crippen LogP contribution in [0.25, 0.3) is 0 Å². The second kappa shape index (κ2) is 66.9. The van der Waals surface area contributed by atoms with Gasteiger partial charge in [-0.2, -0.15) is 0 Å². The molecule has 496 valence electrons. The number of aliphatic carboxylic acids is 1. The Hall–Kier alpha value is -3.01. The van der Waals surface area contributed by atoms with E-state index in [0.717, 1.165) is 77.0 Å². The first-order chi connectivity index (χ1) is 41.6. The zero-order chi connectivity index (χ0) is 61.9. The van der Waals surface area contributed by atoms with E-state index in [1.165, 1.54) is 238 Å². The molecule has 0 aromatic heterocycles. The summed E-state index contributed by atoms with van der Waals surface area (Å²) in [5.74, 6) is -2.28. The third-order valence-corrected chi connectivity index (χ3v) is 16.2. The molecule has 0 aliphatic heterocycles. The van der Waals surface area contributed by atoms with Crippen LogP contribution in [0.3, 0.4) is 0 Å². The van der Waals surface area contributed by atoms with Crippen LogP contribution in [-0.2, 0) is 33.3 Å². The van der Waals surface area contributed by atoms with Gasteiger partial charge in [0.05, 0.1) is 40.3 Å². The number of esters is 2. The molecule has 0 radical (unpaired) electrons. The maximum atomic E-state index is 12.9. The number of ether oxygens (including phenoxy) is 4. The lowest BCUT2D eigenvalue weighted by molar-refractivity contribution is -0.870. The molecule has 0 aromatic carbocycles. The zero-order valence-electron chi connectivity index (χ0n) is 56.7. The Labute approximate surface area is 526 Å². The molecule has 0 saturated carbocycles. The summed E-state index contributed by atoms with van der Waals surface area (Å²) in [6, 6.07) is 0. The van der Waals surface area contributed by atoms with Gasteiger partial charge in [0.25, 0.3) is 0 Å². The van der Waals surface area contributed by atoms with Crippen LogP contribution in [0, 0.1) is 0 Å². The third-order valence-electron chi connectivity index (χ3n) is 16.2. The fraction of sp³-hybridized carbons (Fsp3) is 0.829. The van der Waals surface area contributed by atoms with E-state index in [0.29, 0.717) is 23.9 Å². The van der Waals surface area contributed by atoms with E-state index in [-0.39, 0.29) is 32.2 Å². The normalized spacial score (nSPS) is 13.0. The number of quaternary nitrogens is 1. The first-order valence-electron chi connectivity index (χ1n) is 36.4. The van der Waals surface area contributed by atoms with Gasteiger partial charge in [-0.15, -0.1) is 0 Å². The standard InChI is InChI=1S/C76H139NO8/c1-6-8-10-12-14-16-18-20-22-24-26-28-29-30-31-32-33-34-35-36-37-38-39-40-41-42-43-44-45-47-48-50-52-54-56-58-60-62-64-66-73(78)83-70-72(71-84-76(75(80)81)82-69-68-77(3,4)5)85-74(79)67-65-63-61-59-57-55-53-51-49-46-27-25-23-21-19-17-15-13-11-9-7-2/h18-21,24-27,49,51,72,76H,6-17,22-23,28-48,50,52-71H2,1-5H3/b20-18-,21-19-,26-24-,27-25-,51-49-. The molecule has 0 amide bonds. The molecular formula is C76H139NO8. The minimum Gasteiger partial charge on any atom is -0.545 e. The summed E-state index contributed by atoms with van der Waals surface area (Å²) < 4.78 is 22.8. The molecule has 0 aliphatic carbocycles. The van der Waals surface area contributed by atoms with Crippen molar-refractivity contribution in [2.45, 2.75) is 360 Å². The quantitative estimate of drug-likeness (QED) is 0.0195. The topological polar surface area (TPSA) is 111 Å². The maximum absolute atomic E-state index is 12.9. The fourth-order valence-corrected chi connectivity index (χ4v) is 10.6. The van der Waals surface area contributed by atoms with Gasteiger partial charge in [0.15, 0.2) is 12.4 Å². The summed E-state index contributed by atoms with van der Waals surface area (Å²) in [7, 11) is 5.93. The number of carbonyl (C=O) groups is 3. The Kier molecular flexibility index (Phi) is 64.6. The van der Waals surface area contributed by atoms with Crippen LogP contribution in [0.2, 0.25) is 0 Å². The van der Waals surface area contributed by atoms with E-state index in [1.54, 1.807) is 0 Å². The van der Waals surface area contributed by atoms with Crippen LogP contribution in [-0.4, -0.2) is 82.3 Å². The lowest BCUT2D eigenvalue weighted by atomic mass is 10.0. The van der Waals surface area contributed by atoms with Crippen molar-refractivity contribution in [1.82, 2.24) is 0 Å². The summed E-state index contributed by atoms with van der Waals surface area (Å²) in [6.45, 7) is 4.75. The molecule has 0 bridgehead atoms. The molecule has 0 rings (SSSR count). The Bertz CT molecular complexity index is 1580. The van der Waals surface area contributed by atoms with E-state index in [2.05, 4.69) is 74.6 Å². The van der Waals surface area contributed by atoms with Gasteiger partial charge in [-0.25, -0.2) is 0 Å². The van der Waals surface area contributed by atoms with Crippen molar-refractivity contribution in [2.75, 3.05) is 47.5 Å². The summed E-state index contributed by atoms with van der Waals surface area (Å²) in [5.41, 5.74) is 0. The number of likely N-dealkylation sites (N-methyl/N-ethyl adjacent to an activating group) is 1. The van der Waals surface area contributed by atoms with Crippen molar-refractivity contribution in [3.63, 3.8) is 0 Å². The predicted molar refractivity (Wildman–Crippen MR) is 362 cm³/mol. The molecule has 0 heterocycles. The monoisotopic (exact) mass is 1190 g/mol. The highest BCUT2D eigenvalue weighted by Gasteiger charge is 2.22. The van der Waals surface area contributed by atoms with Crippen molar-refractivity contribution in [2.24, 2.45) is 0 Å². The predicted octanol–water partition coefficient (Wildman–Crippen LogP) is 21.4. The molecule has 2 unspecified atom stereocenters. The van der Waals surface area contributed by atoms with E-state index in [9.17, 15) is 19.5 Å². The first-order valence-corrected chi connectivity index (χ1v) is 36.4. The van der Waals surface area contributed by atoms with Crippen molar-refractivity contribution < 1.29 is 42.9 Å². The van der Waals surface area contributed by atoms with Gasteiger partial charge in [0.2, 0.25) is 0 Å². The molecule has 0 saturated heterocycles. The van der Waals surface area contributed by atoms with Gasteiger partial charge in [-0.1, -0.05) is 312 Å². The molecule has 0 spiro atoms. The van der Waals surface area contributed by atoms with E-state index in [4.69, 9.17) is 18.9 Å². The summed E-state index contributed by atoms with van der Waals surface area (Å²) in [4.78, 5) is 37.5. The lowest BCUT2D eigenvalue weighted by Crippen LogP contribution is -2.44. The van der Waals surface area contributed by atoms with Gasteiger partial charge in [-0.3, -0.25) is 9.59 Å². The number of hydrogen-bond acceptors (Lipinski definition) is 8. The number of carboxylic acids is 1. The smallest absolute Gasteiger partial charge is 0.306 e. The number of carbonyl (C=O) groups excluding carboxylic acids is 3. The number of unbranched alkanes of at least 4 members (excludes halogenated alkanes) is 43. The van der Waals surface area contributed by atoms with Gasteiger partial charge >= 0.3 is 11.9 Å². The number of nitrogens with zero attached hydrogens (tertiary/aromatic N) is 1. The molecular weight excluding hydrogens is 1050 g/mol. The van der Waals surface area contributed by atoms with Crippen LogP contribution >= 0.6 is 0 Å². The highest BCUT2D eigenvalue weighted by Crippen LogP contribution is 2.18. The van der Waals surface area contributed by atoms with Gasteiger partial charge in [0, 0.05) is 12.8 Å². The van der Waals surface area contributed by atoms with Crippen LogP contribution in [0.15, 0.2) is 60.8 Å². The maximum Gasteiger partial charge on any atom is 0.306 e. The Morgan fingerprint density at radius 1 is 0.353 bits per heavy atom. The summed E-state index contributed by atoms with van der Waals surface area (Å²) >= 11 is 0. The van der Waals surface area contributed by atoms with Gasteiger partial charge < -0.3 is 33.3 Å². The summed E-state index contributed by atoms with van der Waals surface area (Å²) in [5, 5.41) is 11.8. The largest absolute Gasteiger partial charge is 0.545 e. The first kappa shape index (κ1) is 82.0. The highest BCUT2D eigenvalue weighted by atomic mass is 16.7. The minimum absolute atomic E-state index is 0.145. The Balaban J connectivity index is 3.98. The second-order valence-corrected chi connectivity index (χ2v) is 25.9. The van der Waals surface area contributed by atoms with Gasteiger partial charge in [-0.05, 0) is 83.5 Å². The molecule has 9 heteroatoms. The van der Waals surface area contributed by atoms with Crippen LogP contribution in [0.5, 0.6) is 0 Å². The average molecular weight is 1190 g/mol. The Morgan fingerprint density at radius 2 is 0.635 bits per heavy atom. The van der Waals surface area contributed by atoms with E-state index >= 15 is 0 Å².